The van der Waals surface area contributed by atoms with E-state index in [1.165, 1.54) is 36.2 Å². The van der Waals surface area contributed by atoms with Crippen molar-refractivity contribution in [2.75, 3.05) is 36.0 Å². The van der Waals surface area contributed by atoms with E-state index in [1.807, 2.05) is 0 Å². The third kappa shape index (κ3) is 5.71. The fraction of sp³-hybridized carbons (Fsp3) is 0.419. The van der Waals surface area contributed by atoms with Crippen LogP contribution >= 0.6 is 0 Å². The van der Waals surface area contributed by atoms with Gasteiger partial charge >= 0.3 is 12.1 Å². The molecule has 3 fully saturated rings. The predicted molar refractivity (Wildman–Crippen MR) is 155 cm³/mol. The van der Waals surface area contributed by atoms with E-state index in [9.17, 15) is 33.8 Å². The Labute approximate surface area is 250 Å². The lowest BCUT2D eigenvalue weighted by molar-refractivity contribution is -0.117. The molecule has 3 aliphatic rings. The molecule has 44 heavy (non-hydrogen) atoms. The Morgan fingerprint density at radius 2 is 1.91 bits per heavy atom. The summed E-state index contributed by atoms with van der Waals surface area (Å²) in [5.74, 6) is -3.01. The number of carbonyl (C=O) groups is 3. The smallest absolute Gasteiger partial charge is 0.414 e. The number of pyridine rings is 1. The largest absolute Gasteiger partial charge is 0.487 e. The first-order valence-electron chi connectivity index (χ1n) is 14.4. The fourth-order valence-corrected chi connectivity index (χ4v) is 5.82. The van der Waals surface area contributed by atoms with E-state index < -0.39 is 46.4 Å². The molecule has 1 unspecified atom stereocenters. The second kappa shape index (κ2) is 11.2. The van der Waals surface area contributed by atoms with Gasteiger partial charge in [-0.15, -0.1) is 0 Å². The summed E-state index contributed by atoms with van der Waals surface area (Å²) in [5.41, 5.74) is -1.79. The minimum atomic E-state index is -1.45. The van der Waals surface area contributed by atoms with Crippen LogP contribution in [0.2, 0.25) is 0 Å². The summed E-state index contributed by atoms with van der Waals surface area (Å²) < 4.78 is 42.9. The highest BCUT2D eigenvalue weighted by Crippen LogP contribution is 2.39. The number of ketones is 1. The summed E-state index contributed by atoms with van der Waals surface area (Å²) in [7, 11) is 0. The summed E-state index contributed by atoms with van der Waals surface area (Å²) in [6, 6.07) is 6.55. The molecule has 2 aliphatic heterocycles. The molecule has 2 saturated heterocycles. The number of aromatic nitrogens is 1. The number of fused-ring (bicyclic) bond motifs is 1. The number of cyclic esters (lactones) is 1. The fourth-order valence-electron chi connectivity index (χ4n) is 5.82. The molecule has 13 heteroatoms. The molecule has 0 radical (unpaired) electrons. The summed E-state index contributed by atoms with van der Waals surface area (Å²) in [6.07, 6.45) is 2.67. The van der Waals surface area contributed by atoms with Crippen LogP contribution in [0.1, 0.15) is 55.4 Å². The second-order valence-electron chi connectivity index (χ2n) is 11.8. The van der Waals surface area contributed by atoms with Crippen LogP contribution in [0, 0.1) is 11.6 Å². The molecule has 6 rings (SSSR count). The van der Waals surface area contributed by atoms with Crippen molar-refractivity contribution in [2.24, 2.45) is 0 Å². The van der Waals surface area contributed by atoms with Crippen molar-refractivity contribution in [1.82, 2.24) is 4.57 Å². The summed E-state index contributed by atoms with van der Waals surface area (Å²) >= 11 is 0. The number of carboxylic acid groups (broad SMARTS) is 1. The van der Waals surface area contributed by atoms with E-state index in [-0.39, 0.29) is 73.4 Å². The average Bonchev–Trinajstić information content (AvgIpc) is 3.64. The highest BCUT2D eigenvalue weighted by atomic mass is 19.1. The number of anilines is 2. The molecule has 11 nitrogen and oxygen atoms in total. The third-order valence-corrected chi connectivity index (χ3v) is 8.36. The number of aliphatic hydroxyl groups is 1. The Kier molecular flexibility index (Phi) is 7.52. The van der Waals surface area contributed by atoms with E-state index >= 15 is 4.39 Å². The van der Waals surface area contributed by atoms with Gasteiger partial charge in [0.05, 0.1) is 30.0 Å². The zero-order chi connectivity index (χ0) is 31.3. The van der Waals surface area contributed by atoms with Crippen LogP contribution in [0.15, 0.2) is 41.3 Å². The molecular formula is C31H31F2N3O8. The number of benzene rings is 2. The van der Waals surface area contributed by atoms with Crippen molar-refractivity contribution in [3.8, 4) is 5.75 Å². The lowest BCUT2D eigenvalue weighted by Gasteiger charge is -2.25. The van der Waals surface area contributed by atoms with Gasteiger partial charge in [0, 0.05) is 36.7 Å². The maximum atomic E-state index is 15.3. The first kappa shape index (κ1) is 29.5. The van der Waals surface area contributed by atoms with E-state index in [1.54, 1.807) is 9.47 Å². The Morgan fingerprint density at radius 3 is 2.59 bits per heavy atom. The van der Waals surface area contributed by atoms with Crippen LogP contribution in [0.5, 0.6) is 5.75 Å². The van der Waals surface area contributed by atoms with Crippen LogP contribution in [0.3, 0.4) is 0 Å². The Balaban J connectivity index is 1.15. The van der Waals surface area contributed by atoms with Crippen LogP contribution in [0.4, 0.5) is 25.0 Å². The van der Waals surface area contributed by atoms with Crippen LogP contribution in [-0.2, 0) is 9.53 Å². The van der Waals surface area contributed by atoms with Crippen molar-refractivity contribution in [1.29, 1.82) is 0 Å². The van der Waals surface area contributed by atoms with Gasteiger partial charge in [0.1, 0.15) is 35.5 Å². The molecule has 2 N–H and O–H groups in total. The van der Waals surface area contributed by atoms with Crippen molar-refractivity contribution in [2.45, 2.75) is 56.8 Å². The van der Waals surface area contributed by atoms with E-state index in [0.717, 1.165) is 25.0 Å². The maximum absolute atomic E-state index is 15.3. The molecule has 1 aliphatic carbocycles. The standard InChI is InChI=1S/C31H31F2N3O8/c1-17(37)2-6-20-13-36(30(41)44-20)19-5-7-27(24(33)10-19)43-16-31(42)8-9-34(15-31)26-12-25-21(11-23(26)32)28(38)22(29(39)40)14-35(25)18-3-4-18/h5,7,10-12,14,18,20,42H,2-4,6,8-9,13,15-16H2,1H3,(H,39,40)/t20-,31?/m0/s1. The van der Waals surface area contributed by atoms with Gasteiger partial charge in [-0.2, -0.15) is 0 Å². The van der Waals surface area contributed by atoms with Gasteiger partial charge in [-0.05, 0) is 56.9 Å². The quantitative estimate of drug-likeness (QED) is 0.348. The number of hydrogen-bond donors (Lipinski definition) is 2. The number of halogens is 2. The number of hydrogen-bond acceptors (Lipinski definition) is 8. The molecule has 3 aromatic rings. The number of nitrogens with zero attached hydrogens (tertiary/aromatic N) is 3. The number of aromatic carboxylic acids is 1. The SMILES string of the molecule is CC(=O)CC[C@H]1CN(c2ccc(OCC3(O)CCN(c4cc5c(cc4F)c(=O)c(C(=O)O)cn5C4CC4)C3)c(F)c2)C(=O)O1. The first-order chi connectivity index (χ1) is 20.9. The minimum absolute atomic E-state index is 0.0166. The number of carbonyl (C=O) groups excluding carboxylic acids is 2. The Morgan fingerprint density at radius 1 is 1.14 bits per heavy atom. The van der Waals surface area contributed by atoms with Crippen molar-refractivity contribution in [3.63, 3.8) is 0 Å². The molecule has 232 valence electrons. The minimum Gasteiger partial charge on any atom is -0.487 e. The van der Waals surface area contributed by atoms with Crippen molar-refractivity contribution >= 4 is 40.1 Å². The molecule has 2 atom stereocenters. The van der Waals surface area contributed by atoms with Crippen LogP contribution in [-0.4, -0.2) is 70.6 Å². The van der Waals surface area contributed by atoms with E-state index in [4.69, 9.17) is 9.47 Å². The van der Waals surface area contributed by atoms with E-state index in [2.05, 4.69) is 0 Å². The zero-order valence-electron chi connectivity index (χ0n) is 23.9. The topological polar surface area (TPSA) is 139 Å². The number of Topliss-reactive ketones (excluding diaryl/α,β-unsaturated/α-hetero) is 1. The lowest BCUT2D eigenvalue weighted by atomic mass is 10.1. The normalized spacial score (nSPS) is 21.6. The molecule has 1 saturated carbocycles. The number of carboxylic acids is 1. The molecule has 0 bridgehead atoms. The number of rotatable bonds is 10. The van der Waals surface area contributed by atoms with Crippen LogP contribution in [0.25, 0.3) is 10.9 Å². The monoisotopic (exact) mass is 611 g/mol. The van der Waals surface area contributed by atoms with Crippen molar-refractivity contribution < 1.29 is 42.9 Å². The zero-order valence-corrected chi connectivity index (χ0v) is 23.9. The number of amides is 1. The lowest BCUT2D eigenvalue weighted by Crippen LogP contribution is -2.39. The highest BCUT2D eigenvalue weighted by Gasteiger charge is 2.39. The Hall–Kier alpha value is -4.52. The maximum Gasteiger partial charge on any atom is 0.414 e. The van der Waals surface area contributed by atoms with E-state index in [0.29, 0.717) is 11.9 Å². The second-order valence-corrected chi connectivity index (χ2v) is 11.8. The van der Waals surface area contributed by atoms with Crippen LogP contribution < -0.4 is 20.0 Å². The van der Waals surface area contributed by atoms with Crippen molar-refractivity contribution in [3.05, 3.63) is 63.9 Å². The molecule has 2 aromatic carbocycles. The number of ether oxygens (including phenoxy) is 2. The summed E-state index contributed by atoms with van der Waals surface area (Å²) in [4.78, 5) is 50.8. The first-order valence-corrected chi connectivity index (χ1v) is 14.4. The molecule has 3 heterocycles. The third-order valence-electron chi connectivity index (χ3n) is 8.36. The summed E-state index contributed by atoms with van der Waals surface area (Å²) in [6.45, 7) is 1.58. The van der Waals surface area contributed by atoms with Gasteiger partial charge in [0.2, 0.25) is 5.43 Å². The van der Waals surface area contributed by atoms with Gasteiger partial charge < -0.3 is 33.9 Å². The Bertz CT molecular complexity index is 1740. The summed E-state index contributed by atoms with van der Waals surface area (Å²) in [5, 5.41) is 20.7. The van der Waals surface area contributed by atoms with Gasteiger partial charge in [0.25, 0.3) is 0 Å². The molecule has 1 amide bonds. The number of β-amino-alcohol motifs (C(OH)–C–C–N with tert-alkyl or cyclic N) is 1. The van der Waals surface area contributed by atoms with Gasteiger partial charge in [-0.25, -0.2) is 18.4 Å². The molecule has 0 spiro atoms. The molecule has 1 aromatic heterocycles. The predicted octanol–water partition coefficient (Wildman–Crippen LogP) is 4.03. The highest BCUT2D eigenvalue weighted by molar-refractivity contribution is 5.94. The van der Waals surface area contributed by atoms with Gasteiger partial charge in [0.15, 0.2) is 11.6 Å². The average molecular weight is 612 g/mol. The molecular weight excluding hydrogens is 580 g/mol. The van der Waals surface area contributed by atoms with Gasteiger partial charge in [-0.1, -0.05) is 0 Å². The van der Waals surface area contributed by atoms with Gasteiger partial charge in [-0.3, -0.25) is 9.69 Å².